The fourth-order valence-corrected chi connectivity index (χ4v) is 6.08. The van der Waals surface area contributed by atoms with E-state index in [2.05, 4.69) is 6.58 Å². The molecular formula is C33H32CuN4O6. The molecule has 3 aromatic rings. The van der Waals surface area contributed by atoms with Crippen LogP contribution in [0, 0.1) is 13.8 Å². The van der Waals surface area contributed by atoms with Crippen molar-refractivity contribution in [1.82, 2.24) is 19.9 Å². The van der Waals surface area contributed by atoms with Crippen LogP contribution >= 0.6 is 0 Å². The molecule has 0 fully saturated rings. The molecule has 2 aliphatic rings. The summed E-state index contributed by atoms with van der Waals surface area (Å²) in [5.41, 5.74) is 8.18. The maximum atomic E-state index is 12.6. The number of rotatable bonds is 8. The number of carboxylic acid groups (broad SMARTS) is 3. The number of aromatic carboxylic acids is 1. The molecule has 2 aliphatic heterocycles. The first kappa shape index (κ1) is 32.4. The Balaban J connectivity index is 0.00000442. The van der Waals surface area contributed by atoms with Gasteiger partial charge in [-0.1, -0.05) is 48.9 Å². The molecule has 1 radical (unpaired) electrons. The van der Waals surface area contributed by atoms with Gasteiger partial charge in [-0.15, -0.1) is 22.1 Å². The van der Waals surface area contributed by atoms with Gasteiger partial charge in [0.25, 0.3) is 0 Å². The normalized spacial score (nSPS) is 14.3. The van der Waals surface area contributed by atoms with Crippen molar-refractivity contribution < 1.29 is 46.8 Å². The Kier molecular flexibility index (Phi) is 9.32. The summed E-state index contributed by atoms with van der Waals surface area (Å²) in [7, 11) is 0. The zero-order valence-electron chi connectivity index (χ0n) is 24.8. The molecule has 3 N–H and O–H groups in total. The molecule has 0 saturated carbocycles. The van der Waals surface area contributed by atoms with Crippen molar-refractivity contribution in [3.8, 4) is 0 Å². The molecule has 5 rings (SSSR count). The average molecular weight is 644 g/mol. The molecule has 3 aromatic heterocycles. The monoisotopic (exact) mass is 643 g/mol. The van der Waals surface area contributed by atoms with E-state index in [0.717, 1.165) is 28.0 Å². The van der Waals surface area contributed by atoms with Crippen molar-refractivity contribution in [3.05, 3.63) is 75.4 Å². The van der Waals surface area contributed by atoms with Gasteiger partial charge >= 0.3 is 35.0 Å². The molecule has 231 valence electrons. The molecule has 44 heavy (non-hydrogen) atoms. The molecular weight excluding hydrogens is 612 g/mol. The third-order valence-corrected chi connectivity index (χ3v) is 8.28. The van der Waals surface area contributed by atoms with E-state index >= 15 is 0 Å². The summed E-state index contributed by atoms with van der Waals surface area (Å²) in [5.74, 6) is -3.87. The molecule has 0 saturated heterocycles. The van der Waals surface area contributed by atoms with Crippen LogP contribution in [-0.4, -0.2) is 43.2 Å². The fourth-order valence-electron chi connectivity index (χ4n) is 6.08. The van der Waals surface area contributed by atoms with Crippen LogP contribution in [0.2, 0.25) is 0 Å². The van der Waals surface area contributed by atoms with E-state index in [-0.39, 0.29) is 46.6 Å². The van der Waals surface area contributed by atoms with Gasteiger partial charge in [0.05, 0.1) is 17.8 Å². The van der Waals surface area contributed by atoms with Gasteiger partial charge in [-0.2, -0.15) is 0 Å². The second kappa shape index (κ2) is 12.6. The van der Waals surface area contributed by atoms with Gasteiger partial charge in [-0.05, 0) is 62.3 Å². The van der Waals surface area contributed by atoms with Gasteiger partial charge in [0.2, 0.25) is 0 Å². The van der Waals surface area contributed by atoms with E-state index in [1.54, 1.807) is 19.1 Å². The Morgan fingerprint density at radius 2 is 1.64 bits per heavy atom. The fraction of sp³-hybridized carbons (Fsp3) is 0.303. The number of aromatic nitrogens is 4. The minimum absolute atomic E-state index is 0. The minimum Gasteiger partial charge on any atom is -0.657 e. The Morgan fingerprint density at radius 1 is 0.955 bits per heavy atom. The van der Waals surface area contributed by atoms with Gasteiger partial charge in [0.1, 0.15) is 0 Å². The van der Waals surface area contributed by atoms with Gasteiger partial charge in [-0.3, -0.25) is 14.6 Å². The number of hydrogen-bond acceptors (Lipinski definition) is 5. The quantitative estimate of drug-likeness (QED) is 0.260. The molecule has 11 heteroatoms. The molecule has 0 aromatic carbocycles. The zero-order valence-corrected chi connectivity index (χ0v) is 25.7. The number of carboxylic acids is 3. The van der Waals surface area contributed by atoms with Crippen LogP contribution in [0.1, 0.15) is 94.4 Å². The Bertz CT molecular complexity index is 1920. The Morgan fingerprint density at radius 3 is 2.25 bits per heavy atom. The number of nitrogens with zero attached hydrogens (tertiary/aromatic N) is 4. The maximum Gasteiger partial charge on any atom is 2.00 e. The molecule has 0 aliphatic carbocycles. The average Bonchev–Trinajstić information content (AvgIpc) is 3.65. The van der Waals surface area contributed by atoms with E-state index in [0.29, 0.717) is 52.0 Å². The van der Waals surface area contributed by atoms with Crippen molar-refractivity contribution in [3.63, 3.8) is 0 Å². The number of allylic oxidation sites excluding steroid dienone is 2. The minimum atomic E-state index is -1.24. The summed E-state index contributed by atoms with van der Waals surface area (Å²) in [5, 5.41) is 29.6. The number of hydrogen-bond donors (Lipinski definition) is 3. The second-order valence-corrected chi connectivity index (χ2v) is 10.9. The van der Waals surface area contributed by atoms with Gasteiger partial charge in [0, 0.05) is 29.3 Å². The van der Waals surface area contributed by atoms with Crippen molar-refractivity contribution in [2.45, 2.75) is 65.7 Å². The molecule has 0 spiro atoms. The Hall–Kier alpha value is -4.47. The maximum absolute atomic E-state index is 12.6. The van der Waals surface area contributed by atoms with Crippen molar-refractivity contribution in [2.75, 3.05) is 0 Å². The zero-order chi connectivity index (χ0) is 31.2. The summed E-state index contributed by atoms with van der Waals surface area (Å²) in [6.45, 7) is 11.6. The van der Waals surface area contributed by atoms with Crippen LogP contribution in [0.3, 0.4) is 0 Å². The van der Waals surface area contributed by atoms with Gasteiger partial charge in [-0.25, -0.2) is 9.78 Å². The van der Waals surface area contributed by atoms with Crippen LogP contribution in [0.15, 0.2) is 24.8 Å². The predicted octanol–water partition coefficient (Wildman–Crippen LogP) is 5.69. The third kappa shape index (κ3) is 5.85. The molecule has 10 nitrogen and oxygen atoms in total. The summed E-state index contributed by atoms with van der Waals surface area (Å²) in [4.78, 5) is 55.6. The van der Waals surface area contributed by atoms with E-state index < -0.39 is 30.2 Å². The van der Waals surface area contributed by atoms with Crippen LogP contribution in [0.25, 0.3) is 39.3 Å². The van der Waals surface area contributed by atoms with Crippen molar-refractivity contribution >= 4 is 57.2 Å². The van der Waals surface area contributed by atoms with Gasteiger partial charge in [0.15, 0.2) is 0 Å². The third-order valence-electron chi connectivity index (χ3n) is 8.28. The first-order valence-corrected chi connectivity index (χ1v) is 14.1. The largest absolute Gasteiger partial charge is 2.00 e. The molecule has 0 amide bonds. The van der Waals surface area contributed by atoms with E-state index in [1.807, 2.05) is 32.9 Å². The van der Waals surface area contributed by atoms with E-state index in [1.165, 1.54) is 0 Å². The second-order valence-electron chi connectivity index (χ2n) is 10.9. The van der Waals surface area contributed by atoms with Gasteiger partial charge < -0.3 is 25.3 Å². The summed E-state index contributed by atoms with van der Waals surface area (Å²) < 4.78 is 0. The van der Waals surface area contributed by atoms with Crippen LogP contribution in [0.4, 0.5) is 0 Å². The SMILES string of the molecule is C=Cc1c(C)c2cc3nc(c(CC(=O)O)c4[n-]c(cc5nc(cc1[n-]2)C(C)=C5CC)c(C)c4C(=O)O)C(CCC(=O)O)C3.[Cu+2]. The summed E-state index contributed by atoms with van der Waals surface area (Å²) >= 11 is 0. The summed E-state index contributed by atoms with van der Waals surface area (Å²) in [6.07, 6.45) is 2.27. The van der Waals surface area contributed by atoms with Crippen LogP contribution in [0.5, 0.6) is 0 Å². The van der Waals surface area contributed by atoms with E-state index in [4.69, 9.17) is 19.9 Å². The molecule has 1 atom stereocenters. The molecule has 8 bridgehead atoms. The summed E-state index contributed by atoms with van der Waals surface area (Å²) in [6, 6.07) is 5.48. The smallest absolute Gasteiger partial charge is 0.657 e. The van der Waals surface area contributed by atoms with Crippen LogP contribution < -0.4 is 9.97 Å². The predicted molar refractivity (Wildman–Crippen MR) is 163 cm³/mol. The molecule has 5 heterocycles. The number of fused-ring (bicyclic) bond motifs is 8. The van der Waals surface area contributed by atoms with Crippen LogP contribution in [-0.2, 0) is 39.5 Å². The van der Waals surface area contributed by atoms with Crippen molar-refractivity contribution in [1.29, 1.82) is 0 Å². The Labute approximate surface area is 264 Å². The standard InChI is InChI=1S/C33H34N4O6.Cu/c1-6-20-15(3)23-11-19-10-18(8-9-28(38)39)31(34-19)22(12-29(40)41)32-30(33(42)43)17(5)25(37-32)14-27-21(7-2)16(4)24(36-27)13-26(20)35-23;/h6,11,13-14,18H,1,7-10,12H2,2-5H3,(H5,34,35,36,37,38,39,40,41,42,43);/q;+2/p-2. The van der Waals surface area contributed by atoms with E-state index in [9.17, 15) is 29.7 Å². The topological polar surface area (TPSA) is 166 Å². The number of aliphatic carboxylic acids is 2. The number of carbonyl (C=O) groups is 3. The number of aryl methyl sites for hydroxylation is 2. The first-order chi connectivity index (χ1) is 20.4. The first-order valence-electron chi connectivity index (χ1n) is 14.1. The van der Waals surface area contributed by atoms with Crippen molar-refractivity contribution in [2.24, 2.45) is 0 Å². The molecule has 1 unspecified atom stereocenters.